The number of carbonyl (C=O) groups excluding carboxylic acids is 2. The number of thiophene rings is 1. The lowest BCUT2D eigenvalue weighted by atomic mass is 10.1. The highest BCUT2D eigenvalue weighted by Crippen LogP contribution is 2.43. The number of amides is 1. The summed E-state index contributed by atoms with van der Waals surface area (Å²) in [6.07, 6.45) is 0. The Balaban J connectivity index is 2.05. The lowest BCUT2D eigenvalue weighted by molar-refractivity contribution is 0.0530. The number of nitrogens with one attached hydrogen (secondary N) is 1. The summed E-state index contributed by atoms with van der Waals surface area (Å²) in [5.41, 5.74) is 1.42. The highest BCUT2D eigenvalue weighted by molar-refractivity contribution is 7.24. The third kappa shape index (κ3) is 5.01. The lowest BCUT2D eigenvalue weighted by Crippen LogP contribution is -2.22. The number of rotatable bonds is 8. The topological polar surface area (TPSA) is 78.9 Å². The van der Waals surface area contributed by atoms with Gasteiger partial charge in [-0.2, -0.15) is 0 Å². The maximum absolute atomic E-state index is 12.7. The molecule has 0 aliphatic rings. The van der Waals surface area contributed by atoms with Crippen LogP contribution in [0, 0.1) is 0 Å². The first-order valence-electron chi connectivity index (χ1n) is 10.1. The normalized spacial score (nSPS) is 11.1. The molecule has 3 aromatic rings. The Bertz CT molecular complexity index is 1090. The first kappa shape index (κ1) is 23.1. The zero-order valence-corrected chi connectivity index (χ0v) is 19.3. The van der Waals surface area contributed by atoms with Gasteiger partial charge in [-0.3, -0.25) is 9.69 Å². The molecule has 0 fully saturated rings. The molecule has 0 aliphatic carbocycles. The van der Waals surface area contributed by atoms with Crippen LogP contribution in [0.2, 0.25) is 5.02 Å². The monoisotopic (exact) mass is 460 g/mol. The molecule has 1 heterocycles. The molecule has 0 saturated heterocycles. The molecular weight excluding hydrogens is 436 g/mol. The van der Waals surface area contributed by atoms with Gasteiger partial charge in [0, 0.05) is 28.1 Å². The van der Waals surface area contributed by atoms with Crippen LogP contribution in [0.5, 0.6) is 5.75 Å². The molecule has 3 rings (SSSR count). The Kier molecular flexibility index (Phi) is 7.54. The molecule has 31 heavy (non-hydrogen) atoms. The van der Waals surface area contributed by atoms with E-state index < -0.39 is 5.97 Å². The van der Waals surface area contributed by atoms with Crippen molar-refractivity contribution in [2.75, 3.05) is 25.0 Å². The van der Waals surface area contributed by atoms with E-state index in [-0.39, 0.29) is 23.8 Å². The number of phenolic OH excluding ortho intramolecular Hbond substituents is 1. The first-order valence-corrected chi connectivity index (χ1v) is 11.3. The van der Waals surface area contributed by atoms with Gasteiger partial charge in [-0.05, 0) is 44.3 Å². The van der Waals surface area contributed by atoms with Crippen molar-refractivity contribution in [3.05, 3.63) is 58.1 Å². The molecule has 6 nitrogen and oxygen atoms in total. The van der Waals surface area contributed by atoms with Crippen LogP contribution < -0.4 is 5.32 Å². The van der Waals surface area contributed by atoms with Crippen LogP contribution in [0.3, 0.4) is 0 Å². The fraction of sp³-hybridized carbons (Fsp3) is 0.304. The van der Waals surface area contributed by atoms with E-state index in [1.54, 1.807) is 37.3 Å². The number of hydrogen-bond acceptors (Lipinski definition) is 6. The molecule has 2 N–H and O–H groups in total. The summed E-state index contributed by atoms with van der Waals surface area (Å²) in [5, 5.41) is 15.1. The van der Waals surface area contributed by atoms with Crippen molar-refractivity contribution >= 4 is 49.9 Å². The van der Waals surface area contributed by atoms with Gasteiger partial charge in [0.25, 0.3) is 5.91 Å². The number of fused-ring (bicyclic) bond motifs is 1. The SMILES string of the molecule is CCOC(=O)c1c(NC(=O)c2ccc(Cl)cc2)sc2c(O)c(CN(CC)CC)ccc12. The van der Waals surface area contributed by atoms with E-state index >= 15 is 0 Å². The largest absolute Gasteiger partial charge is 0.506 e. The van der Waals surface area contributed by atoms with Crippen molar-refractivity contribution in [3.63, 3.8) is 0 Å². The third-order valence-corrected chi connectivity index (χ3v) is 6.40. The smallest absolute Gasteiger partial charge is 0.341 e. The second-order valence-electron chi connectivity index (χ2n) is 6.90. The predicted molar refractivity (Wildman–Crippen MR) is 125 cm³/mol. The summed E-state index contributed by atoms with van der Waals surface area (Å²) < 4.78 is 5.76. The number of ether oxygens (including phenoxy) is 1. The standard InChI is InChI=1S/C23H25ClN2O4S/c1-4-26(5-2)13-15-9-12-17-18(23(29)30-6-3)22(31-20(17)19(15)27)25-21(28)14-7-10-16(24)11-8-14/h7-12,27H,4-6,13H2,1-3H3,(H,25,28). The lowest BCUT2D eigenvalue weighted by Gasteiger charge is -2.18. The van der Waals surface area contributed by atoms with Gasteiger partial charge in [0.15, 0.2) is 0 Å². The number of carbonyl (C=O) groups is 2. The molecule has 0 radical (unpaired) electrons. The van der Waals surface area contributed by atoms with E-state index in [0.29, 0.717) is 32.2 Å². The molecule has 0 bridgehead atoms. The van der Waals surface area contributed by atoms with Crippen LogP contribution in [0.1, 0.15) is 47.1 Å². The average Bonchev–Trinajstić information content (AvgIpc) is 3.12. The van der Waals surface area contributed by atoms with Gasteiger partial charge < -0.3 is 15.2 Å². The molecule has 0 atom stereocenters. The number of esters is 1. The highest BCUT2D eigenvalue weighted by Gasteiger charge is 2.25. The minimum Gasteiger partial charge on any atom is -0.506 e. The van der Waals surface area contributed by atoms with Crippen molar-refractivity contribution in [1.82, 2.24) is 4.90 Å². The molecule has 0 spiro atoms. The molecule has 0 aliphatic heterocycles. The van der Waals surface area contributed by atoms with Gasteiger partial charge in [-0.25, -0.2) is 4.79 Å². The van der Waals surface area contributed by atoms with Crippen LogP contribution >= 0.6 is 22.9 Å². The molecule has 0 unspecified atom stereocenters. The van der Waals surface area contributed by atoms with Gasteiger partial charge in [0.05, 0.1) is 11.3 Å². The van der Waals surface area contributed by atoms with Crippen LogP contribution in [-0.2, 0) is 11.3 Å². The maximum atomic E-state index is 12.7. The van der Waals surface area contributed by atoms with Crippen molar-refractivity contribution in [2.45, 2.75) is 27.3 Å². The number of nitrogens with zero attached hydrogens (tertiary/aromatic N) is 1. The fourth-order valence-electron chi connectivity index (χ4n) is 3.27. The number of aromatic hydroxyl groups is 1. The van der Waals surface area contributed by atoms with E-state index in [9.17, 15) is 14.7 Å². The van der Waals surface area contributed by atoms with Crippen LogP contribution in [0.4, 0.5) is 5.00 Å². The second-order valence-corrected chi connectivity index (χ2v) is 8.36. The molecule has 2 aromatic carbocycles. The number of anilines is 1. The average molecular weight is 461 g/mol. The predicted octanol–water partition coefficient (Wildman–Crippen LogP) is 5.53. The number of halogens is 1. The van der Waals surface area contributed by atoms with Gasteiger partial charge in [0.2, 0.25) is 0 Å². The Labute approximate surface area is 190 Å². The number of benzene rings is 2. The zero-order chi connectivity index (χ0) is 22.5. The Morgan fingerprint density at radius 2 is 1.77 bits per heavy atom. The quantitative estimate of drug-likeness (QED) is 0.432. The van der Waals surface area contributed by atoms with Gasteiger partial charge in [-0.15, -0.1) is 11.3 Å². The Morgan fingerprint density at radius 3 is 2.39 bits per heavy atom. The summed E-state index contributed by atoms with van der Waals surface area (Å²) in [7, 11) is 0. The molecule has 0 saturated carbocycles. The molecule has 164 valence electrons. The van der Waals surface area contributed by atoms with E-state index in [2.05, 4.69) is 24.1 Å². The van der Waals surface area contributed by atoms with Crippen molar-refractivity contribution in [2.24, 2.45) is 0 Å². The molecule has 8 heteroatoms. The van der Waals surface area contributed by atoms with Crippen molar-refractivity contribution < 1.29 is 19.4 Å². The van der Waals surface area contributed by atoms with E-state index in [0.717, 1.165) is 30.0 Å². The highest BCUT2D eigenvalue weighted by atomic mass is 35.5. The summed E-state index contributed by atoms with van der Waals surface area (Å²) in [6.45, 7) is 8.35. The van der Waals surface area contributed by atoms with Crippen LogP contribution in [-0.4, -0.2) is 41.6 Å². The first-order chi connectivity index (χ1) is 14.9. The van der Waals surface area contributed by atoms with E-state index in [1.807, 2.05) is 6.07 Å². The van der Waals surface area contributed by atoms with Gasteiger partial charge in [0.1, 0.15) is 16.3 Å². The molecule has 1 aromatic heterocycles. The second kappa shape index (κ2) is 10.1. The van der Waals surface area contributed by atoms with Crippen LogP contribution in [0.15, 0.2) is 36.4 Å². The minimum atomic E-state index is -0.545. The molecular formula is C23H25ClN2O4S. The number of phenols is 1. The van der Waals surface area contributed by atoms with Gasteiger partial charge >= 0.3 is 5.97 Å². The summed E-state index contributed by atoms with van der Waals surface area (Å²) in [5.74, 6) is -0.806. The summed E-state index contributed by atoms with van der Waals surface area (Å²) in [6, 6.07) is 10.1. The van der Waals surface area contributed by atoms with Crippen molar-refractivity contribution in [1.29, 1.82) is 0 Å². The van der Waals surface area contributed by atoms with Gasteiger partial charge in [-0.1, -0.05) is 37.6 Å². The zero-order valence-electron chi connectivity index (χ0n) is 17.7. The summed E-state index contributed by atoms with van der Waals surface area (Å²) >= 11 is 7.06. The van der Waals surface area contributed by atoms with E-state index in [4.69, 9.17) is 16.3 Å². The van der Waals surface area contributed by atoms with Crippen molar-refractivity contribution in [3.8, 4) is 5.75 Å². The Morgan fingerprint density at radius 1 is 1.10 bits per heavy atom. The third-order valence-electron chi connectivity index (χ3n) is 5.02. The maximum Gasteiger partial charge on any atom is 0.341 e. The number of hydrogen-bond donors (Lipinski definition) is 2. The fourth-order valence-corrected chi connectivity index (χ4v) is 4.55. The Hall–Kier alpha value is -2.61. The summed E-state index contributed by atoms with van der Waals surface area (Å²) in [4.78, 5) is 27.6. The van der Waals surface area contributed by atoms with Crippen LogP contribution in [0.25, 0.3) is 10.1 Å². The van der Waals surface area contributed by atoms with E-state index in [1.165, 1.54) is 0 Å². The minimum absolute atomic E-state index is 0.118. The molecule has 1 amide bonds.